The SMILES string of the molecule is COc1cccc([C@@H](C)N(Cl)CC2CNc3ccccc3O2)c1. The molecule has 3 rings (SSSR count). The summed E-state index contributed by atoms with van der Waals surface area (Å²) in [5, 5.41) is 3.38. The first-order valence-electron chi connectivity index (χ1n) is 7.73. The molecule has 23 heavy (non-hydrogen) atoms. The van der Waals surface area contributed by atoms with Crippen molar-refractivity contribution >= 4 is 17.5 Å². The number of hydrogen-bond donors (Lipinski definition) is 1. The van der Waals surface area contributed by atoms with Gasteiger partial charge in [0.2, 0.25) is 0 Å². The van der Waals surface area contributed by atoms with E-state index in [1.165, 1.54) is 0 Å². The van der Waals surface area contributed by atoms with Gasteiger partial charge in [-0.2, -0.15) is 0 Å². The van der Waals surface area contributed by atoms with Crippen molar-refractivity contribution in [2.45, 2.75) is 19.1 Å². The normalized spacial score (nSPS) is 17.8. The van der Waals surface area contributed by atoms with Crippen molar-refractivity contribution in [3.05, 3.63) is 54.1 Å². The van der Waals surface area contributed by atoms with Gasteiger partial charge in [0, 0.05) is 6.04 Å². The van der Waals surface area contributed by atoms with Crippen LogP contribution in [0.15, 0.2) is 48.5 Å². The monoisotopic (exact) mass is 332 g/mol. The Balaban J connectivity index is 1.64. The van der Waals surface area contributed by atoms with E-state index in [1.54, 1.807) is 11.5 Å². The van der Waals surface area contributed by atoms with Crippen molar-refractivity contribution in [2.24, 2.45) is 0 Å². The maximum absolute atomic E-state index is 6.51. The minimum absolute atomic E-state index is 0.00968. The van der Waals surface area contributed by atoms with E-state index in [1.807, 2.05) is 42.5 Å². The fraction of sp³-hybridized carbons (Fsp3) is 0.333. The standard InChI is InChI=1S/C18H21ClN2O2/c1-13(14-6-5-7-15(10-14)22-2)21(19)12-16-11-20-17-8-3-4-9-18(17)23-16/h3-10,13,16,20H,11-12H2,1-2H3/t13-,16?/m1/s1. The Hall–Kier alpha value is -1.91. The maximum atomic E-state index is 6.51. The number of anilines is 1. The lowest BCUT2D eigenvalue weighted by Crippen LogP contribution is -2.39. The number of rotatable bonds is 5. The van der Waals surface area contributed by atoms with Crippen LogP contribution in [-0.4, -0.2) is 30.7 Å². The molecule has 2 atom stereocenters. The highest BCUT2D eigenvalue weighted by Gasteiger charge is 2.24. The van der Waals surface area contributed by atoms with Crippen LogP contribution in [0.25, 0.3) is 0 Å². The summed E-state index contributed by atoms with van der Waals surface area (Å²) in [6, 6.07) is 16.0. The van der Waals surface area contributed by atoms with Crippen LogP contribution in [0, 0.1) is 0 Å². The fourth-order valence-electron chi connectivity index (χ4n) is 2.68. The van der Waals surface area contributed by atoms with Gasteiger partial charge in [-0.25, -0.2) is 4.42 Å². The Morgan fingerprint density at radius 3 is 2.96 bits per heavy atom. The summed E-state index contributed by atoms with van der Waals surface area (Å²) in [5.74, 6) is 1.71. The first-order valence-corrected chi connectivity index (χ1v) is 8.07. The molecule has 1 heterocycles. The van der Waals surface area contributed by atoms with Gasteiger partial charge in [-0.15, -0.1) is 0 Å². The molecule has 5 heteroatoms. The zero-order valence-electron chi connectivity index (χ0n) is 13.3. The van der Waals surface area contributed by atoms with Gasteiger partial charge in [0.25, 0.3) is 0 Å². The zero-order valence-corrected chi connectivity index (χ0v) is 14.1. The summed E-state index contributed by atoms with van der Waals surface area (Å²) < 4.78 is 13.1. The molecule has 1 unspecified atom stereocenters. The molecule has 0 aliphatic carbocycles. The molecule has 0 radical (unpaired) electrons. The number of para-hydroxylation sites is 2. The molecule has 0 fully saturated rings. The van der Waals surface area contributed by atoms with Crippen molar-refractivity contribution < 1.29 is 9.47 Å². The van der Waals surface area contributed by atoms with Crippen LogP contribution < -0.4 is 14.8 Å². The highest BCUT2D eigenvalue weighted by Crippen LogP contribution is 2.30. The molecular formula is C18H21ClN2O2. The topological polar surface area (TPSA) is 33.7 Å². The first kappa shape index (κ1) is 16.0. The largest absolute Gasteiger partial charge is 0.497 e. The molecule has 122 valence electrons. The molecule has 2 aromatic rings. The molecule has 0 saturated carbocycles. The summed E-state index contributed by atoms with van der Waals surface area (Å²) in [6.07, 6.45) is 0.00968. The molecular weight excluding hydrogens is 312 g/mol. The summed E-state index contributed by atoms with van der Waals surface area (Å²) in [6.45, 7) is 3.44. The number of benzene rings is 2. The van der Waals surface area contributed by atoms with Gasteiger partial charge in [0.05, 0.1) is 25.9 Å². The van der Waals surface area contributed by atoms with Crippen LogP contribution in [0.4, 0.5) is 5.69 Å². The highest BCUT2D eigenvalue weighted by molar-refractivity contribution is 6.13. The lowest BCUT2D eigenvalue weighted by atomic mass is 10.1. The Bertz CT molecular complexity index is 665. The van der Waals surface area contributed by atoms with Gasteiger partial charge in [-0.3, -0.25) is 0 Å². The fourth-order valence-corrected chi connectivity index (χ4v) is 2.94. The molecule has 0 aromatic heterocycles. The van der Waals surface area contributed by atoms with Crippen molar-refractivity contribution in [3.8, 4) is 11.5 Å². The van der Waals surface area contributed by atoms with E-state index in [4.69, 9.17) is 21.3 Å². The molecule has 2 aromatic carbocycles. The third-order valence-corrected chi connectivity index (χ3v) is 4.51. The Morgan fingerprint density at radius 2 is 2.13 bits per heavy atom. The van der Waals surface area contributed by atoms with Crippen molar-refractivity contribution in [1.29, 1.82) is 0 Å². The van der Waals surface area contributed by atoms with E-state index >= 15 is 0 Å². The highest BCUT2D eigenvalue weighted by atomic mass is 35.5. The zero-order chi connectivity index (χ0) is 16.2. The van der Waals surface area contributed by atoms with Crippen LogP contribution in [0.2, 0.25) is 0 Å². The van der Waals surface area contributed by atoms with Crippen LogP contribution in [0.5, 0.6) is 11.5 Å². The smallest absolute Gasteiger partial charge is 0.142 e. The predicted molar refractivity (Wildman–Crippen MR) is 93.3 cm³/mol. The van der Waals surface area contributed by atoms with Gasteiger partial charge < -0.3 is 14.8 Å². The minimum Gasteiger partial charge on any atom is -0.497 e. The second-order valence-electron chi connectivity index (χ2n) is 5.65. The Kier molecular flexibility index (Phi) is 4.94. The van der Waals surface area contributed by atoms with Crippen molar-refractivity contribution in [3.63, 3.8) is 0 Å². The third kappa shape index (κ3) is 3.71. The van der Waals surface area contributed by atoms with Gasteiger partial charge >= 0.3 is 0 Å². The quantitative estimate of drug-likeness (QED) is 0.836. The van der Waals surface area contributed by atoms with E-state index in [0.717, 1.165) is 29.3 Å². The molecule has 0 spiro atoms. The maximum Gasteiger partial charge on any atom is 0.142 e. The minimum atomic E-state index is 0.00968. The van der Waals surface area contributed by atoms with Gasteiger partial charge in [0.1, 0.15) is 17.6 Å². The number of methoxy groups -OCH3 is 1. The van der Waals surface area contributed by atoms with Gasteiger partial charge in [-0.1, -0.05) is 24.3 Å². The third-order valence-electron chi connectivity index (χ3n) is 4.08. The first-order chi connectivity index (χ1) is 11.2. The number of halogens is 1. The Morgan fingerprint density at radius 1 is 1.30 bits per heavy atom. The molecule has 1 aliphatic heterocycles. The predicted octanol–water partition coefficient (Wildman–Crippen LogP) is 4.09. The van der Waals surface area contributed by atoms with Gasteiger partial charge in [0.15, 0.2) is 0 Å². The van der Waals surface area contributed by atoms with Crippen LogP contribution in [0.1, 0.15) is 18.5 Å². The number of fused-ring (bicyclic) bond motifs is 1. The second-order valence-corrected chi connectivity index (χ2v) is 6.09. The van der Waals surface area contributed by atoms with E-state index in [2.05, 4.69) is 18.3 Å². The second kappa shape index (κ2) is 7.11. The molecule has 0 bridgehead atoms. The van der Waals surface area contributed by atoms with Crippen LogP contribution in [0.3, 0.4) is 0 Å². The summed E-state index contributed by atoms with van der Waals surface area (Å²) in [7, 11) is 1.67. The Labute approximate surface area is 142 Å². The summed E-state index contributed by atoms with van der Waals surface area (Å²) >= 11 is 6.51. The molecule has 4 nitrogen and oxygen atoms in total. The number of ether oxygens (including phenoxy) is 2. The number of nitrogens with zero attached hydrogens (tertiary/aromatic N) is 1. The van der Waals surface area contributed by atoms with Gasteiger partial charge in [-0.05, 0) is 48.5 Å². The average Bonchev–Trinajstić information content (AvgIpc) is 2.61. The molecule has 0 saturated heterocycles. The summed E-state index contributed by atoms with van der Waals surface area (Å²) in [5.41, 5.74) is 2.15. The van der Waals surface area contributed by atoms with E-state index in [9.17, 15) is 0 Å². The summed E-state index contributed by atoms with van der Waals surface area (Å²) in [4.78, 5) is 0. The number of nitrogens with one attached hydrogen (secondary N) is 1. The van der Waals surface area contributed by atoms with E-state index in [-0.39, 0.29) is 12.1 Å². The van der Waals surface area contributed by atoms with Crippen molar-refractivity contribution in [2.75, 3.05) is 25.5 Å². The number of hydrogen-bond acceptors (Lipinski definition) is 4. The van der Waals surface area contributed by atoms with E-state index < -0.39 is 0 Å². The average molecular weight is 333 g/mol. The molecule has 0 amide bonds. The lowest BCUT2D eigenvalue weighted by molar-refractivity contribution is 0.163. The van der Waals surface area contributed by atoms with Crippen LogP contribution in [-0.2, 0) is 0 Å². The molecule has 1 aliphatic rings. The molecule has 1 N–H and O–H groups in total. The van der Waals surface area contributed by atoms with Crippen molar-refractivity contribution in [1.82, 2.24) is 4.42 Å². The lowest BCUT2D eigenvalue weighted by Gasteiger charge is -2.31. The van der Waals surface area contributed by atoms with E-state index in [0.29, 0.717) is 6.54 Å². The van der Waals surface area contributed by atoms with Crippen LogP contribution >= 0.6 is 11.8 Å².